The van der Waals surface area contributed by atoms with Crippen molar-refractivity contribution in [3.8, 4) is 0 Å². The number of rotatable bonds is 61. The standard InChI is InChI=1S/C65H129N2O6P/c1-6-8-10-12-14-16-18-20-22-24-26-27-28-29-30-31-32-33-34-35-36-37-38-39-41-43-45-47-49-51-53-55-57-59-65(69)66-63(62-73-74(70,71)72-61-60-67(3,4)5)64(68)58-56-54-52-50-48-46-44-42-40-25-23-21-19-17-15-13-11-9-7-2/h48,50,56,58,63-64,68H,6-47,49,51-55,57,59-62H2,1-5H3,(H-,66,69,70,71)/b50-48+,58-56+. The van der Waals surface area contributed by atoms with E-state index in [-0.39, 0.29) is 19.1 Å². The molecular weight excluding hydrogens is 936 g/mol. The Labute approximate surface area is 462 Å². The highest BCUT2D eigenvalue weighted by molar-refractivity contribution is 7.45. The maximum absolute atomic E-state index is 13.0. The van der Waals surface area contributed by atoms with E-state index in [0.717, 1.165) is 38.5 Å². The third-order valence-corrected chi connectivity index (χ3v) is 16.1. The predicted molar refractivity (Wildman–Crippen MR) is 321 cm³/mol. The molecule has 0 saturated carbocycles. The lowest BCUT2D eigenvalue weighted by Crippen LogP contribution is -2.45. The van der Waals surface area contributed by atoms with Crippen molar-refractivity contribution in [3.63, 3.8) is 0 Å². The molecule has 3 atom stereocenters. The van der Waals surface area contributed by atoms with Crippen molar-refractivity contribution in [1.29, 1.82) is 0 Å². The number of amides is 1. The molecule has 1 amide bonds. The van der Waals surface area contributed by atoms with Crippen LogP contribution < -0.4 is 10.2 Å². The number of allylic oxidation sites excluding steroid dienone is 3. The molecule has 9 heteroatoms. The molecule has 0 aromatic heterocycles. The maximum atomic E-state index is 13.0. The van der Waals surface area contributed by atoms with Gasteiger partial charge in [-0.15, -0.1) is 0 Å². The highest BCUT2D eigenvalue weighted by Gasteiger charge is 2.23. The summed E-state index contributed by atoms with van der Waals surface area (Å²) in [6, 6.07) is -0.901. The summed E-state index contributed by atoms with van der Waals surface area (Å²) in [5.74, 6) is -0.199. The Morgan fingerprint density at radius 1 is 0.459 bits per heavy atom. The number of aliphatic hydroxyl groups is 1. The van der Waals surface area contributed by atoms with Gasteiger partial charge in [0.15, 0.2) is 0 Å². The van der Waals surface area contributed by atoms with Gasteiger partial charge in [0.1, 0.15) is 13.2 Å². The molecule has 3 unspecified atom stereocenters. The van der Waals surface area contributed by atoms with E-state index < -0.39 is 20.0 Å². The fourth-order valence-electron chi connectivity index (χ4n) is 10.1. The number of hydrogen-bond acceptors (Lipinski definition) is 6. The minimum atomic E-state index is -4.60. The molecule has 8 nitrogen and oxygen atoms in total. The monoisotopic (exact) mass is 1060 g/mol. The van der Waals surface area contributed by atoms with Gasteiger partial charge in [-0.3, -0.25) is 9.36 Å². The molecule has 0 fully saturated rings. The molecule has 0 aliphatic rings. The van der Waals surface area contributed by atoms with Crippen LogP contribution in [0.15, 0.2) is 24.3 Å². The Morgan fingerprint density at radius 3 is 1.09 bits per heavy atom. The van der Waals surface area contributed by atoms with E-state index in [2.05, 4.69) is 31.3 Å². The summed E-state index contributed by atoms with van der Waals surface area (Å²) in [6.45, 7) is 4.68. The van der Waals surface area contributed by atoms with Crippen LogP contribution in [0, 0.1) is 0 Å². The first kappa shape index (κ1) is 73.0. The number of likely N-dealkylation sites (N-methyl/N-ethyl adjacent to an activating group) is 1. The normalized spacial score (nSPS) is 13.9. The van der Waals surface area contributed by atoms with Crippen LogP contribution in [0.5, 0.6) is 0 Å². The van der Waals surface area contributed by atoms with Crippen LogP contribution >= 0.6 is 7.82 Å². The first-order chi connectivity index (χ1) is 36.0. The third kappa shape index (κ3) is 58.7. The number of carbonyl (C=O) groups is 1. The van der Waals surface area contributed by atoms with E-state index in [1.165, 1.54) is 276 Å². The number of hydrogen-bond donors (Lipinski definition) is 2. The molecule has 0 aromatic carbocycles. The van der Waals surface area contributed by atoms with Crippen molar-refractivity contribution in [2.24, 2.45) is 0 Å². The average molecular weight is 1070 g/mol. The minimum absolute atomic E-state index is 0.00361. The van der Waals surface area contributed by atoms with Crippen molar-refractivity contribution in [2.45, 2.75) is 347 Å². The Morgan fingerprint density at radius 2 is 0.757 bits per heavy atom. The summed E-state index contributed by atoms with van der Waals surface area (Å²) < 4.78 is 23.4. The maximum Gasteiger partial charge on any atom is 0.268 e. The third-order valence-electron chi connectivity index (χ3n) is 15.2. The number of nitrogens with one attached hydrogen (secondary N) is 1. The summed E-state index contributed by atoms with van der Waals surface area (Å²) >= 11 is 0. The molecule has 440 valence electrons. The van der Waals surface area contributed by atoms with E-state index in [9.17, 15) is 19.4 Å². The van der Waals surface area contributed by atoms with E-state index in [4.69, 9.17) is 9.05 Å². The van der Waals surface area contributed by atoms with E-state index >= 15 is 0 Å². The van der Waals surface area contributed by atoms with Crippen LogP contribution in [0.2, 0.25) is 0 Å². The van der Waals surface area contributed by atoms with Gasteiger partial charge in [-0.2, -0.15) is 0 Å². The molecule has 0 aliphatic heterocycles. The lowest BCUT2D eigenvalue weighted by molar-refractivity contribution is -0.870. The SMILES string of the molecule is CCCCCCCCCCCCCCC/C=C/CC/C=C/C(O)C(COP(=O)([O-])OCC[N+](C)(C)C)NC(=O)CCCCCCCCCCCCCCCCCCCCCCCCCCCCCCCCCCC. The predicted octanol–water partition coefficient (Wildman–Crippen LogP) is 19.7. The number of nitrogens with zero attached hydrogens (tertiary/aromatic N) is 1. The van der Waals surface area contributed by atoms with Gasteiger partial charge in [0.05, 0.1) is 39.9 Å². The molecular formula is C65H129N2O6P. The fraction of sp³-hybridized carbons (Fsp3) is 0.923. The Balaban J connectivity index is 4.02. The molecule has 0 spiro atoms. The van der Waals surface area contributed by atoms with Crippen molar-refractivity contribution in [2.75, 3.05) is 40.9 Å². The quantitative estimate of drug-likeness (QED) is 0.0272. The second kappa shape index (κ2) is 56.7. The van der Waals surface area contributed by atoms with Gasteiger partial charge in [-0.1, -0.05) is 321 Å². The molecule has 0 saturated heterocycles. The summed E-state index contributed by atoms with van der Waals surface area (Å²) in [5.41, 5.74) is 0. The van der Waals surface area contributed by atoms with Crippen molar-refractivity contribution in [1.82, 2.24) is 5.32 Å². The first-order valence-corrected chi connectivity index (χ1v) is 34.2. The van der Waals surface area contributed by atoms with E-state index in [1.54, 1.807) is 6.08 Å². The zero-order valence-corrected chi connectivity index (χ0v) is 51.2. The van der Waals surface area contributed by atoms with Crippen LogP contribution in [0.3, 0.4) is 0 Å². The topological polar surface area (TPSA) is 108 Å². The molecule has 0 aromatic rings. The lowest BCUT2D eigenvalue weighted by atomic mass is 10.0. The number of aliphatic hydroxyl groups excluding tert-OH is 1. The van der Waals surface area contributed by atoms with Crippen LogP contribution in [-0.4, -0.2) is 68.5 Å². The summed E-state index contributed by atoms with van der Waals surface area (Å²) in [5, 5.41) is 13.9. The molecule has 2 N–H and O–H groups in total. The van der Waals surface area contributed by atoms with Gasteiger partial charge in [0.2, 0.25) is 5.91 Å². The van der Waals surface area contributed by atoms with Crippen molar-refractivity contribution < 1.29 is 32.9 Å². The van der Waals surface area contributed by atoms with Gasteiger partial charge in [-0.25, -0.2) is 0 Å². The largest absolute Gasteiger partial charge is 0.756 e. The van der Waals surface area contributed by atoms with E-state index in [1.807, 2.05) is 27.2 Å². The lowest BCUT2D eigenvalue weighted by Gasteiger charge is -2.29. The van der Waals surface area contributed by atoms with Crippen molar-refractivity contribution >= 4 is 13.7 Å². The number of phosphoric acid groups is 1. The summed E-state index contributed by atoms with van der Waals surface area (Å²) in [6.07, 6.45) is 73.0. The smallest absolute Gasteiger partial charge is 0.268 e. The van der Waals surface area contributed by atoms with Gasteiger partial charge < -0.3 is 28.8 Å². The molecule has 0 bridgehead atoms. The van der Waals surface area contributed by atoms with Crippen LogP contribution in [0.25, 0.3) is 0 Å². The number of unbranched alkanes of at least 4 members (excludes halogenated alkanes) is 46. The van der Waals surface area contributed by atoms with Crippen LogP contribution in [-0.2, 0) is 18.4 Å². The molecule has 0 radical (unpaired) electrons. The Hall–Kier alpha value is -1.02. The van der Waals surface area contributed by atoms with Gasteiger partial charge >= 0.3 is 0 Å². The Kier molecular flexibility index (Phi) is 55.9. The van der Waals surface area contributed by atoms with Crippen LogP contribution in [0.4, 0.5) is 0 Å². The van der Waals surface area contributed by atoms with Gasteiger partial charge in [0.25, 0.3) is 7.82 Å². The minimum Gasteiger partial charge on any atom is -0.756 e. The second-order valence-electron chi connectivity index (χ2n) is 23.8. The summed E-state index contributed by atoms with van der Waals surface area (Å²) in [7, 11) is 1.26. The number of quaternary nitrogens is 1. The van der Waals surface area contributed by atoms with E-state index in [0.29, 0.717) is 17.4 Å². The molecule has 0 rings (SSSR count). The van der Waals surface area contributed by atoms with Gasteiger partial charge in [0, 0.05) is 6.42 Å². The van der Waals surface area contributed by atoms with Gasteiger partial charge in [-0.05, 0) is 32.1 Å². The zero-order chi connectivity index (χ0) is 54.2. The highest BCUT2D eigenvalue weighted by atomic mass is 31.2. The fourth-order valence-corrected chi connectivity index (χ4v) is 10.8. The zero-order valence-electron chi connectivity index (χ0n) is 50.3. The molecule has 0 aliphatic carbocycles. The van der Waals surface area contributed by atoms with Crippen LogP contribution in [0.1, 0.15) is 335 Å². The second-order valence-corrected chi connectivity index (χ2v) is 25.2. The first-order valence-electron chi connectivity index (χ1n) is 32.7. The van der Waals surface area contributed by atoms with Crippen molar-refractivity contribution in [3.05, 3.63) is 24.3 Å². The molecule has 74 heavy (non-hydrogen) atoms. The number of carbonyl (C=O) groups excluding carboxylic acids is 1. The average Bonchev–Trinajstić information content (AvgIpc) is 3.36. The number of phosphoric ester groups is 1. The molecule has 0 heterocycles. The Bertz CT molecular complexity index is 1260. The highest BCUT2D eigenvalue weighted by Crippen LogP contribution is 2.38. The summed E-state index contributed by atoms with van der Waals surface area (Å²) in [4.78, 5) is 25.5.